The number of carbonyl (C=O) groups is 2. The van der Waals surface area contributed by atoms with Gasteiger partial charge in [-0.3, -0.25) is 10.1 Å². The number of carbonyl (C=O) groups excluding carboxylic acids is 2. The van der Waals surface area contributed by atoms with Gasteiger partial charge in [-0.05, 0) is 27.4 Å². The maximum Gasteiger partial charge on any atom is 0.325 e. The topological polar surface area (TPSA) is 94.5 Å². The number of hydrogen-bond donors (Lipinski definition) is 2. The minimum Gasteiger partial charge on any atom is -0.490 e. The van der Waals surface area contributed by atoms with Crippen molar-refractivity contribution in [1.82, 2.24) is 15.1 Å². The molecular formula is C19H19BrN4O4. The molecule has 28 heavy (non-hydrogen) atoms. The van der Waals surface area contributed by atoms with E-state index in [2.05, 4.69) is 26.2 Å². The number of likely N-dealkylation sites (N-methyl/N-ethyl adjacent to an activating group) is 1. The van der Waals surface area contributed by atoms with Crippen LogP contribution in [-0.2, 0) is 4.79 Å². The molecule has 0 saturated carbocycles. The second kappa shape index (κ2) is 7.40. The van der Waals surface area contributed by atoms with Crippen molar-refractivity contribution in [3.05, 3.63) is 42.5 Å². The molecule has 3 unspecified atom stereocenters. The lowest BCUT2D eigenvalue weighted by Gasteiger charge is -2.36. The second-order valence-corrected chi connectivity index (χ2v) is 7.47. The Morgan fingerprint density at radius 2 is 2.00 bits per heavy atom. The fourth-order valence-corrected chi connectivity index (χ4v) is 4.04. The zero-order chi connectivity index (χ0) is 19.8. The van der Waals surface area contributed by atoms with Gasteiger partial charge in [0.25, 0.3) is 5.91 Å². The molecule has 0 aliphatic carbocycles. The van der Waals surface area contributed by atoms with Crippen molar-refractivity contribution < 1.29 is 19.4 Å². The number of halogens is 1. The highest BCUT2D eigenvalue weighted by molar-refractivity contribution is 9.18. The fourth-order valence-electron chi connectivity index (χ4n) is 3.47. The number of rotatable bonds is 5. The molecule has 4 rings (SSSR count). The van der Waals surface area contributed by atoms with Gasteiger partial charge in [0.05, 0.1) is 6.54 Å². The van der Waals surface area contributed by atoms with Gasteiger partial charge < -0.3 is 19.6 Å². The van der Waals surface area contributed by atoms with Crippen molar-refractivity contribution in [2.45, 2.75) is 18.3 Å². The normalized spacial score (nSPS) is 22.8. The molecule has 146 valence electrons. The summed E-state index contributed by atoms with van der Waals surface area (Å²) < 4.78 is 6.25. The summed E-state index contributed by atoms with van der Waals surface area (Å²) in [7, 11) is 1.58. The number of nitrogens with zero attached hydrogens (tertiary/aromatic N) is 3. The van der Waals surface area contributed by atoms with E-state index in [4.69, 9.17) is 4.74 Å². The van der Waals surface area contributed by atoms with Crippen LogP contribution < -0.4 is 10.1 Å². The van der Waals surface area contributed by atoms with Gasteiger partial charge in [-0.1, -0.05) is 36.4 Å². The van der Waals surface area contributed by atoms with E-state index in [9.17, 15) is 14.7 Å². The zero-order valence-corrected chi connectivity index (χ0v) is 16.7. The molecule has 2 N–H and O–H groups in total. The Bertz CT molecular complexity index is 961. The average Bonchev–Trinajstić information content (AvgIpc) is 3.01. The molecule has 2 aliphatic rings. The number of ether oxygens (including phenoxy) is 1. The van der Waals surface area contributed by atoms with E-state index in [1.54, 1.807) is 11.9 Å². The van der Waals surface area contributed by atoms with Crippen molar-refractivity contribution in [1.29, 1.82) is 0 Å². The fraction of sp³-hybridized carbons (Fsp3) is 0.316. The molecule has 3 amide bonds. The van der Waals surface area contributed by atoms with E-state index in [1.807, 2.05) is 42.5 Å². The molecule has 8 nitrogen and oxygen atoms in total. The lowest BCUT2D eigenvalue weighted by Crippen LogP contribution is -2.64. The summed E-state index contributed by atoms with van der Waals surface area (Å²) in [5, 5.41) is 14.8. The van der Waals surface area contributed by atoms with Crippen LogP contribution in [0.15, 0.2) is 47.5 Å². The number of imide groups is 1. The third-order valence-corrected chi connectivity index (χ3v) is 5.56. The van der Waals surface area contributed by atoms with E-state index in [1.165, 1.54) is 4.90 Å². The Kier molecular flexibility index (Phi) is 4.94. The van der Waals surface area contributed by atoms with E-state index < -0.39 is 30.2 Å². The smallest absolute Gasteiger partial charge is 0.325 e. The number of amides is 3. The summed E-state index contributed by atoms with van der Waals surface area (Å²) >= 11 is 3.33. The van der Waals surface area contributed by atoms with Crippen LogP contribution in [0.5, 0.6) is 5.75 Å². The Balaban J connectivity index is 1.44. The van der Waals surface area contributed by atoms with E-state index in [-0.39, 0.29) is 13.2 Å². The average molecular weight is 447 g/mol. The predicted molar refractivity (Wildman–Crippen MR) is 107 cm³/mol. The molecule has 2 aliphatic heterocycles. The van der Waals surface area contributed by atoms with Gasteiger partial charge in [-0.2, -0.15) is 0 Å². The number of urea groups is 1. The maximum atomic E-state index is 12.3. The van der Waals surface area contributed by atoms with Gasteiger partial charge >= 0.3 is 6.03 Å². The number of aliphatic hydroxyl groups excluding tert-OH is 1. The number of benzene rings is 2. The molecule has 1 fully saturated rings. The number of aliphatic hydroxyl groups is 1. The van der Waals surface area contributed by atoms with Crippen molar-refractivity contribution >= 4 is 43.4 Å². The van der Waals surface area contributed by atoms with E-state index in [0.717, 1.165) is 10.8 Å². The van der Waals surface area contributed by atoms with E-state index in [0.29, 0.717) is 10.5 Å². The number of aliphatic imine (C=N–C) groups is 1. The first kappa shape index (κ1) is 18.7. The lowest BCUT2D eigenvalue weighted by molar-refractivity contribution is -0.127. The van der Waals surface area contributed by atoms with Gasteiger partial charge in [0.1, 0.15) is 18.5 Å². The number of nitrogens with one attached hydrogen (secondary N) is 1. The minimum absolute atomic E-state index is 0.0541. The van der Waals surface area contributed by atoms with Crippen LogP contribution in [0.1, 0.15) is 0 Å². The highest BCUT2D eigenvalue weighted by Gasteiger charge is 2.48. The molecule has 3 atom stereocenters. The van der Waals surface area contributed by atoms with Gasteiger partial charge in [-0.25, -0.2) is 9.79 Å². The molecule has 0 bridgehead atoms. The van der Waals surface area contributed by atoms with Crippen LogP contribution in [0, 0.1) is 0 Å². The third-order valence-electron chi connectivity index (χ3n) is 4.90. The number of β-amino-alcohol motifs (C(OH)–C–C–N with tert-alkyl or cyclic N) is 1. The van der Waals surface area contributed by atoms with Crippen LogP contribution in [0.2, 0.25) is 0 Å². The largest absolute Gasteiger partial charge is 0.490 e. The van der Waals surface area contributed by atoms with Crippen molar-refractivity contribution in [3.63, 3.8) is 0 Å². The summed E-state index contributed by atoms with van der Waals surface area (Å²) in [4.78, 5) is 31.4. The number of fused-ring (bicyclic) bond motifs is 2. The second-order valence-electron chi connectivity index (χ2n) is 6.76. The standard InChI is InChI=1S/C19H19BrN4O4/c1-23-16-15(17(26)22-19(23)27)24(18(20)21-16)9-12(25)10-28-14-8-4-6-11-5-2-3-7-13(11)14/h2-8,12,15-16,25H,9-10H2,1H3,(H,22,26,27). The molecule has 2 aromatic carbocycles. The Hall–Kier alpha value is -2.65. The van der Waals surface area contributed by atoms with Crippen LogP contribution in [-0.4, -0.2) is 70.1 Å². The van der Waals surface area contributed by atoms with Gasteiger partial charge in [0, 0.05) is 12.4 Å². The van der Waals surface area contributed by atoms with Crippen LogP contribution in [0.3, 0.4) is 0 Å². The summed E-state index contributed by atoms with van der Waals surface area (Å²) in [5.74, 6) is 0.249. The molecule has 2 aromatic rings. The molecule has 0 aromatic heterocycles. The van der Waals surface area contributed by atoms with Gasteiger partial charge in [-0.15, -0.1) is 0 Å². The summed E-state index contributed by atoms with van der Waals surface area (Å²) in [6.45, 7) is 0.185. The number of hydrogen-bond acceptors (Lipinski definition) is 6. The molecule has 2 heterocycles. The third kappa shape index (κ3) is 3.31. The Morgan fingerprint density at radius 3 is 2.82 bits per heavy atom. The Morgan fingerprint density at radius 1 is 1.25 bits per heavy atom. The lowest BCUT2D eigenvalue weighted by atomic mass is 10.1. The SMILES string of the molecule is CN1C(=O)NC(=O)C2C1N=C(Br)N2CC(O)COc1cccc2ccccc12. The van der Waals surface area contributed by atoms with Crippen molar-refractivity contribution in [2.75, 3.05) is 20.2 Å². The summed E-state index contributed by atoms with van der Waals surface area (Å²) in [5.41, 5.74) is 0. The number of amidine groups is 1. The predicted octanol–water partition coefficient (Wildman–Crippen LogP) is 1.52. The molecule has 0 radical (unpaired) electrons. The quantitative estimate of drug-likeness (QED) is 0.679. The molecular weight excluding hydrogens is 428 g/mol. The zero-order valence-electron chi connectivity index (χ0n) is 15.1. The van der Waals surface area contributed by atoms with Gasteiger partial charge in [0.15, 0.2) is 17.0 Å². The van der Waals surface area contributed by atoms with Gasteiger partial charge in [0.2, 0.25) is 0 Å². The van der Waals surface area contributed by atoms with E-state index >= 15 is 0 Å². The first-order chi connectivity index (χ1) is 13.5. The molecule has 0 spiro atoms. The first-order valence-corrected chi connectivity index (χ1v) is 9.61. The van der Waals surface area contributed by atoms with Crippen molar-refractivity contribution in [3.8, 4) is 5.75 Å². The summed E-state index contributed by atoms with van der Waals surface area (Å²) in [6, 6.07) is 12.4. The van der Waals surface area contributed by atoms with Crippen LogP contribution in [0.4, 0.5) is 4.79 Å². The molecule has 1 saturated heterocycles. The highest BCUT2D eigenvalue weighted by Crippen LogP contribution is 2.27. The molecule has 9 heteroatoms. The van der Waals surface area contributed by atoms with Crippen LogP contribution >= 0.6 is 15.9 Å². The Labute approximate surface area is 169 Å². The monoisotopic (exact) mass is 446 g/mol. The maximum absolute atomic E-state index is 12.3. The van der Waals surface area contributed by atoms with Crippen LogP contribution in [0.25, 0.3) is 10.8 Å². The first-order valence-electron chi connectivity index (χ1n) is 8.82. The minimum atomic E-state index is -0.865. The highest BCUT2D eigenvalue weighted by atomic mass is 79.9. The van der Waals surface area contributed by atoms with Crippen molar-refractivity contribution in [2.24, 2.45) is 4.99 Å². The summed E-state index contributed by atoms with van der Waals surface area (Å²) in [6.07, 6.45) is -1.49.